The molecule has 1 heterocycles. The summed E-state index contributed by atoms with van der Waals surface area (Å²) in [7, 11) is 0. The fraction of sp³-hybridized carbons (Fsp3) is 0.941. The molecular formula is C17H32N2O. The van der Waals surface area contributed by atoms with Crippen LogP contribution in [-0.2, 0) is 4.79 Å². The van der Waals surface area contributed by atoms with Crippen molar-refractivity contribution in [2.75, 3.05) is 32.7 Å². The van der Waals surface area contributed by atoms with Crippen molar-refractivity contribution in [1.29, 1.82) is 0 Å². The molecule has 1 amide bonds. The monoisotopic (exact) mass is 280 g/mol. The van der Waals surface area contributed by atoms with Crippen LogP contribution in [0.25, 0.3) is 0 Å². The molecule has 1 aliphatic carbocycles. The highest BCUT2D eigenvalue weighted by molar-refractivity contribution is 5.79. The average Bonchev–Trinajstić information content (AvgIpc) is 2.53. The van der Waals surface area contributed by atoms with E-state index in [0.29, 0.717) is 11.8 Å². The van der Waals surface area contributed by atoms with E-state index in [-0.39, 0.29) is 0 Å². The molecule has 2 aliphatic rings. The summed E-state index contributed by atoms with van der Waals surface area (Å²) in [5, 5.41) is 0. The Hall–Kier alpha value is -0.570. The quantitative estimate of drug-likeness (QED) is 0.772. The second kappa shape index (κ2) is 8.02. The molecule has 0 atom stereocenters. The maximum absolute atomic E-state index is 12.6. The van der Waals surface area contributed by atoms with Crippen LogP contribution >= 0.6 is 0 Å². The number of carbonyl (C=O) groups excluding carboxylic acids is 1. The molecule has 1 saturated heterocycles. The molecule has 0 unspecified atom stereocenters. The highest BCUT2D eigenvalue weighted by Gasteiger charge is 2.30. The van der Waals surface area contributed by atoms with Crippen molar-refractivity contribution < 1.29 is 4.79 Å². The van der Waals surface area contributed by atoms with Crippen molar-refractivity contribution in [2.24, 2.45) is 11.8 Å². The molecule has 20 heavy (non-hydrogen) atoms. The van der Waals surface area contributed by atoms with Crippen molar-refractivity contribution in [3.05, 3.63) is 0 Å². The van der Waals surface area contributed by atoms with E-state index in [2.05, 4.69) is 23.6 Å². The zero-order valence-electron chi connectivity index (χ0n) is 13.4. The number of hydrogen-bond acceptors (Lipinski definition) is 2. The van der Waals surface area contributed by atoms with Gasteiger partial charge in [0.15, 0.2) is 0 Å². The van der Waals surface area contributed by atoms with Crippen molar-refractivity contribution >= 4 is 5.91 Å². The molecule has 0 aromatic rings. The molecule has 0 aromatic heterocycles. The van der Waals surface area contributed by atoms with Gasteiger partial charge < -0.3 is 9.80 Å². The van der Waals surface area contributed by atoms with Crippen LogP contribution in [0.15, 0.2) is 0 Å². The van der Waals surface area contributed by atoms with E-state index >= 15 is 0 Å². The molecule has 1 aliphatic heterocycles. The normalized spacial score (nSPS) is 28.6. The molecule has 3 nitrogen and oxygen atoms in total. The van der Waals surface area contributed by atoms with Crippen LogP contribution in [0.3, 0.4) is 0 Å². The first kappa shape index (κ1) is 15.8. The van der Waals surface area contributed by atoms with Gasteiger partial charge in [0.25, 0.3) is 0 Å². The van der Waals surface area contributed by atoms with Gasteiger partial charge in [-0.15, -0.1) is 0 Å². The van der Waals surface area contributed by atoms with Crippen LogP contribution in [0, 0.1) is 11.8 Å². The first-order valence-corrected chi connectivity index (χ1v) is 8.75. The summed E-state index contributed by atoms with van der Waals surface area (Å²) in [4.78, 5) is 17.1. The molecule has 2 rings (SSSR count). The third-order valence-electron chi connectivity index (χ3n) is 5.29. The number of piperazine rings is 1. The molecular weight excluding hydrogens is 248 g/mol. The minimum absolute atomic E-state index is 0.334. The van der Waals surface area contributed by atoms with E-state index in [1.165, 1.54) is 32.1 Å². The second-order valence-corrected chi connectivity index (χ2v) is 6.62. The van der Waals surface area contributed by atoms with Gasteiger partial charge >= 0.3 is 0 Å². The van der Waals surface area contributed by atoms with Gasteiger partial charge in [-0.05, 0) is 38.1 Å². The van der Waals surface area contributed by atoms with Gasteiger partial charge in [-0.1, -0.05) is 33.1 Å². The first-order valence-electron chi connectivity index (χ1n) is 8.75. The van der Waals surface area contributed by atoms with E-state index in [1.54, 1.807) is 0 Å². The van der Waals surface area contributed by atoms with E-state index < -0.39 is 0 Å². The lowest BCUT2D eigenvalue weighted by atomic mass is 9.79. The molecule has 3 heteroatoms. The third kappa shape index (κ3) is 4.21. The predicted octanol–water partition coefficient (Wildman–Crippen LogP) is 3.15. The molecule has 0 spiro atoms. The number of amides is 1. The van der Waals surface area contributed by atoms with Crippen LogP contribution in [-0.4, -0.2) is 48.4 Å². The Bertz CT molecular complexity index is 289. The summed E-state index contributed by atoms with van der Waals surface area (Å²) >= 11 is 0. The summed E-state index contributed by atoms with van der Waals surface area (Å²) in [6, 6.07) is 0. The summed E-state index contributed by atoms with van der Waals surface area (Å²) in [6.07, 6.45) is 8.90. The van der Waals surface area contributed by atoms with Gasteiger partial charge in [0.05, 0.1) is 0 Å². The van der Waals surface area contributed by atoms with Crippen LogP contribution in [0.4, 0.5) is 0 Å². The highest BCUT2D eigenvalue weighted by atomic mass is 16.2. The molecule has 1 saturated carbocycles. The predicted molar refractivity (Wildman–Crippen MR) is 83.7 cm³/mol. The summed E-state index contributed by atoms with van der Waals surface area (Å²) in [5.41, 5.74) is 0. The molecule has 2 fully saturated rings. The van der Waals surface area contributed by atoms with E-state index in [9.17, 15) is 4.79 Å². The topological polar surface area (TPSA) is 23.6 Å². The number of likely N-dealkylation sites (N-methyl/N-ethyl adjacent to an activating group) is 1. The number of carbonyl (C=O) groups is 1. The van der Waals surface area contributed by atoms with Gasteiger partial charge in [0, 0.05) is 32.1 Å². The SMILES string of the molecule is CCCCC1CCC(C(=O)N2CCN(CC)CC2)CC1. The van der Waals surface area contributed by atoms with Gasteiger partial charge in [0.1, 0.15) is 0 Å². The van der Waals surface area contributed by atoms with Gasteiger partial charge in [-0.3, -0.25) is 4.79 Å². The highest BCUT2D eigenvalue weighted by Crippen LogP contribution is 2.33. The van der Waals surface area contributed by atoms with Crippen LogP contribution in [0.5, 0.6) is 0 Å². The minimum Gasteiger partial charge on any atom is -0.340 e. The lowest BCUT2D eigenvalue weighted by Gasteiger charge is -2.37. The van der Waals surface area contributed by atoms with Crippen molar-refractivity contribution in [1.82, 2.24) is 9.80 Å². The van der Waals surface area contributed by atoms with Crippen molar-refractivity contribution in [3.63, 3.8) is 0 Å². The average molecular weight is 280 g/mol. The van der Waals surface area contributed by atoms with Crippen molar-refractivity contribution in [2.45, 2.75) is 58.8 Å². The van der Waals surface area contributed by atoms with Gasteiger partial charge in [-0.2, -0.15) is 0 Å². The van der Waals surface area contributed by atoms with Crippen LogP contribution in [0.1, 0.15) is 58.8 Å². The Balaban J connectivity index is 1.72. The molecule has 0 radical (unpaired) electrons. The van der Waals surface area contributed by atoms with Crippen molar-refractivity contribution in [3.8, 4) is 0 Å². The lowest BCUT2D eigenvalue weighted by Crippen LogP contribution is -2.50. The van der Waals surface area contributed by atoms with E-state index in [0.717, 1.165) is 51.5 Å². The Morgan fingerprint density at radius 3 is 2.20 bits per heavy atom. The third-order valence-corrected chi connectivity index (χ3v) is 5.29. The van der Waals surface area contributed by atoms with Crippen LogP contribution in [0.2, 0.25) is 0 Å². The van der Waals surface area contributed by atoms with Gasteiger partial charge in [0.2, 0.25) is 5.91 Å². The largest absolute Gasteiger partial charge is 0.340 e. The zero-order valence-corrected chi connectivity index (χ0v) is 13.4. The van der Waals surface area contributed by atoms with Gasteiger partial charge in [-0.25, -0.2) is 0 Å². The summed E-state index contributed by atoms with van der Waals surface area (Å²) in [6.45, 7) is 9.61. The number of nitrogens with zero attached hydrogens (tertiary/aromatic N) is 2. The molecule has 0 N–H and O–H groups in total. The number of hydrogen-bond donors (Lipinski definition) is 0. The second-order valence-electron chi connectivity index (χ2n) is 6.62. The standard InChI is InChI=1S/C17H32N2O/c1-3-5-6-15-7-9-16(10-8-15)17(20)19-13-11-18(4-2)12-14-19/h15-16H,3-14H2,1-2H3. The first-order chi connectivity index (χ1) is 9.74. The Morgan fingerprint density at radius 1 is 1.00 bits per heavy atom. The zero-order chi connectivity index (χ0) is 14.4. The number of rotatable bonds is 5. The van der Waals surface area contributed by atoms with Crippen LogP contribution < -0.4 is 0 Å². The summed E-state index contributed by atoms with van der Waals surface area (Å²) in [5.74, 6) is 1.69. The molecule has 116 valence electrons. The Kier molecular flexibility index (Phi) is 6.34. The maximum atomic E-state index is 12.6. The van der Waals surface area contributed by atoms with E-state index in [4.69, 9.17) is 0 Å². The molecule has 0 aromatic carbocycles. The molecule has 0 bridgehead atoms. The maximum Gasteiger partial charge on any atom is 0.225 e. The lowest BCUT2D eigenvalue weighted by molar-refractivity contribution is -0.138. The summed E-state index contributed by atoms with van der Waals surface area (Å²) < 4.78 is 0. The smallest absolute Gasteiger partial charge is 0.225 e. The minimum atomic E-state index is 0.334. The fourth-order valence-electron chi connectivity index (χ4n) is 3.73. The fourth-order valence-corrected chi connectivity index (χ4v) is 3.73. The van der Waals surface area contributed by atoms with E-state index in [1.807, 2.05) is 0 Å². The number of unbranched alkanes of at least 4 members (excludes halogenated alkanes) is 1. The Morgan fingerprint density at radius 2 is 1.65 bits per heavy atom. The Labute approximate surface area is 124 Å².